The summed E-state index contributed by atoms with van der Waals surface area (Å²) in [7, 11) is 0. The van der Waals surface area contributed by atoms with Gasteiger partial charge in [0.15, 0.2) is 0 Å². The Morgan fingerprint density at radius 3 is 2.73 bits per heavy atom. The van der Waals surface area contributed by atoms with Gasteiger partial charge in [0.25, 0.3) is 5.56 Å². The summed E-state index contributed by atoms with van der Waals surface area (Å²) in [6.07, 6.45) is 0.409. The van der Waals surface area contributed by atoms with Gasteiger partial charge in [-0.2, -0.15) is 0 Å². The highest BCUT2D eigenvalue weighted by molar-refractivity contribution is 6.31. The lowest BCUT2D eigenvalue weighted by molar-refractivity contribution is -0.137. The molecule has 22 heavy (non-hydrogen) atoms. The van der Waals surface area contributed by atoms with E-state index < -0.39 is 5.97 Å². The van der Waals surface area contributed by atoms with Crippen molar-refractivity contribution in [3.05, 3.63) is 39.6 Å². The minimum atomic E-state index is -0.869. The average molecular weight is 324 g/mol. The molecule has 1 aromatic carbocycles. The van der Waals surface area contributed by atoms with Gasteiger partial charge in [0.2, 0.25) is 0 Å². The topological polar surface area (TPSA) is 68.5 Å². The van der Waals surface area contributed by atoms with Gasteiger partial charge in [0.05, 0.1) is 12.1 Å². The van der Waals surface area contributed by atoms with E-state index in [0.717, 1.165) is 10.9 Å². The Kier molecular flexibility index (Phi) is 5.08. The van der Waals surface area contributed by atoms with Crippen LogP contribution in [0.15, 0.2) is 29.1 Å². The van der Waals surface area contributed by atoms with Crippen LogP contribution >= 0.6 is 11.6 Å². The van der Waals surface area contributed by atoms with Crippen LogP contribution in [0.5, 0.6) is 5.75 Å². The minimum absolute atomic E-state index is 0.0113. The van der Waals surface area contributed by atoms with Crippen LogP contribution in [0, 0.1) is 0 Å². The second-order valence-electron chi connectivity index (χ2n) is 5.32. The Hall–Kier alpha value is -2.01. The SMILES string of the molecule is CC(C)n1c(=O)cc(OCCCC(=O)O)c2cc(Cl)ccc21. The highest BCUT2D eigenvalue weighted by Gasteiger charge is 2.12. The summed E-state index contributed by atoms with van der Waals surface area (Å²) in [5.41, 5.74) is 0.596. The molecule has 0 unspecified atom stereocenters. The number of aliphatic carboxylic acids is 1. The minimum Gasteiger partial charge on any atom is -0.493 e. The molecule has 0 radical (unpaired) electrons. The van der Waals surface area contributed by atoms with Gasteiger partial charge in [-0.3, -0.25) is 9.59 Å². The molecule has 0 spiro atoms. The Morgan fingerprint density at radius 1 is 1.36 bits per heavy atom. The predicted molar refractivity (Wildman–Crippen MR) is 86.0 cm³/mol. The van der Waals surface area contributed by atoms with Crippen molar-refractivity contribution in [1.82, 2.24) is 4.57 Å². The van der Waals surface area contributed by atoms with Gasteiger partial charge in [-0.1, -0.05) is 11.6 Å². The zero-order chi connectivity index (χ0) is 16.3. The monoisotopic (exact) mass is 323 g/mol. The molecule has 0 atom stereocenters. The number of halogens is 1. The molecule has 1 N–H and O–H groups in total. The van der Waals surface area contributed by atoms with Crippen LogP contribution in [0.1, 0.15) is 32.7 Å². The maximum Gasteiger partial charge on any atom is 0.303 e. The maximum atomic E-state index is 12.3. The Bertz CT molecular complexity index is 752. The van der Waals surface area contributed by atoms with Crippen molar-refractivity contribution >= 4 is 28.5 Å². The normalized spacial score (nSPS) is 11.1. The van der Waals surface area contributed by atoms with E-state index in [9.17, 15) is 9.59 Å². The number of rotatable bonds is 6. The van der Waals surface area contributed by atoms with E-state index in [2.05, 4.69) is 0 Å². The van der Waals surface area contributed by atoms with Gasteiger partial charge in [-0.05, 0) is 38.5 Å². The second-order valence-corrected chi connectivity index (χ2v) is 5.75. The molecular weight excluding hydrogens is 306 g/mol. The number of fused-ring (bicyclic) bond motifs is 1. The number of carbonyl (C=O) groups is 1. The number of hydrogen-bond donors (Lipinski definition) is 1. The number of nitrogens with zero attached hydrogens (tertiary/aromatic N) is 1. The molecule has 1 aromatic heterocycles. The first-order valence-corrected chi connectivity index (χ1v) is 7.47. The molecule has 118 valence electrons. The highest BCUT2D eigenvalue weighted by atomic mass is 35.5. The first-order valence-electron chi connectivity index (χ1n) is 7.09. The highest BCUT2D eigenvalue weighted by Crippen LogP contribution is 2.28. The summed E-state index contributed by atoms with van der Waals surface area (Å²) in [6, 6.07) is 6.72. The number of benzene rings is 1. The zero-order valence-electron chi connectivity index (χ0n) is 12.5. The number of pyridine rings is 1. The van der Waals surface area contributed by atoms with Crippen molar-refractivity contribution in [2.75, 3.05) is 6.61 Å². The van der Waals surface area contributed by atoms with Gasteiger partial charge >= 0.3 is 5.97 Å². The zero-order valence-corrected chi connectivity index (χ0v) is 13.3. The number of carboxylic acid groups (broad SMARTS) is 1. The summed E-state index contributed by atoms with van der Waals surface area (Å²) >= 11 is 6.04. The fraction of sp³-hybridized carbons (Fsp3) is 0.375. The van der Waals surface area contributed by atoms with E-state index in [1.165, 1.54) is 6.07 Å². The van der Waals surface area contributed by atoms with Gasteiger partial charge in [0, 0.05) is 28.9 Å². The number of ether oxygens (including phenoxy) is 1. The summed E-state index contributed by atoms with van der Waals surface area (Å²) in [5.74, 6) is -0.434. The molecule has 0 saturated heterocycles. The smallest absolute Gasteiger partial charge is 0.303 e. The van der Waals surface area contributed by atoms with Gasteiger partial charge in [-0.25, -0.2) is 0 Å². The molecule has 0 aliphatic rings. The molecule has 0 fully saturated rings. The number of hydrogen-bond acceptors (Lipinski definition) is 3. The largest absolute Gasteiger partial charge is 0.493 e. The Labute approximate surface area is 133 Å². The van der Waals surface area contributed by atoms with Crippen molar-refractivity contribution in [1.29, 1.82) is 0 Å². The molecule has 0 aliphatic heterocycles. The first-order chi connectivity index (χ1) is 10.4. The van der Waals surface area contributed by atoms with Crippen molar-refractivity contribution in [3.8, 4) is 5.75 Å². The molecular formula is C16H18ClNO4. The van der Waals surface area contributed by atoms with Crippen LogP contribution in [-0.4, -0.2) is 22.2 Å². The first kappa shape index (κ1) is 16.4. The van der Waals surface area contributed by atoms with Crippen molar-refractivity contribution in [2.24, 2.45) is 0 Å². The lowest BCUT2D eigenvalue weighted by atomic mass is 10.1. The van der Waals surface area contributed by atoms with E-state index in [0.29, 0.717) is 17.2 Å². The summed E-state index contributed by atoms with van der Waals surface area (Å²) in [5, 5.41) is 9.93. The lowest BCUT2D eigenvalue weighted by Gasteiger charge is -2.17. The van der Waals surface area contributed by atoms with Crippen LogP contribution in [0.3, 0.4) is 0 Å². The summed E-state index contributed by atoms with van der Waals surface area (Å²) in [6.45, 7) is 4.10. The van der Waals surface area contributed by atoms with E-state index >= 15 is 0 Å². The molecule has 0 bridgehead atoms. The quantitative estimate of drug-likeness (QED) is 0.826. The van der Waals surface area contributed by atoms with Crippen molar-refractivity contribution in [3.63, 3.8) is 0 Å². The molecule has 0 saturated carbocycles. The third-order valence-electron chi connectivity index (χ3n) is 3.28. The average Bonchev–Trinajstić information content (AvgIpc) is 2.43. The summed E-state index contributed by atoms with van der Waals surface area (Å²) in [4.78, 5) is 22.8. The second kappa shape index (κ2) is 6.83. The number of carboxylic acids is 1. The fourth-order valence-electron chi connectivity index (χ4n) is 2.35. The molecule has 2 rings (SSSR count). The van der Waals surface area contributed by atoms with Crippen LogP contribution in [0.25, 0.3) is 10.9 Å². The Balaban J connectivity index is 2.42. The van der Waals surface area contributed by atoms with Crippen molar-refractivity contribution < 1.29 is 14.6 Å². The molecule has 5 nitrogen and oxygen atoms in total. The van der Waals surface area contributed by atoms with Crippen LogP contribution in [0.4, 0.5) is 0 Å². The van der Waals surface area contributed by atoms with E-state index in [-0.39, 0.29) is 24.6 Å². The summed E-state index contributed by atoms with van der Waals surface area (Å²) < 4.78 is 7.28. The van der Waals surface area contributed by atoms with Gasteiger partial charge < -0.3 is 14.4 Å². The lowest BCUT2D eigenvalue weighted by Crippen LogP contribution is -2.22. The third kappa shape index (κ3) is 3.60. The van der Waals surface area contributed by atoms with E-state index in [1.807, 2.05) is 13.8 Å². The standard InChI is InChI=1S/C16H18ClNO4/c1-10(2)18-13-6-5-11(17)8-12(13)14(9-15(18)19)22-7-3-4-16(20)21/h5-6,8-10H,3-4,7H2,1-2H3,(H,20,21). The molecule has 1 heterocycles. The molecule has 0 amide bonds. The third-order valence-corrected chi connectivity index (χ3v) is 3.52. The van der Waals surface area contributed by atoms with E-state index in [1.54, 1.807) is 22.8 Å². The van der Waals surface area contributed by atoms with Crippen LogP contribution in [0.2, 0.25) is 5.02 Å². The fourth-order valence-corrected chi connectivity index (χ4v) is 2.52. The molecule has 6 heteroatoms. The number of aromatic nitrogens is 1. The maximum absolute atomic E-state index is 12.3. The predicted octanol–water partition coefficient (Wildman–Crippen LogP) is 3.48. The Morgan fingerprint density at radius 2 is 2.09 bits per heavy atom. The van der Waals surface area contributed by atoms with Crippen LogP contribution < -0.4 is 10.3 Å². The van der Waals surface area contributed by atoms with Gasteiger partial charge in [-0.15, -0.1) is 0 Å². The van der Waals surface area contributed by atoms with E-state index in [4.69, 9.17) is 21.4 Å². The molecule has 0 aliphatic carbocycles. The van der Waals surface area contributed by atoms with Crippen molar-refractivity contribution in [2.45, 2.75) is 32.7 Å². The van der Waals surface area contributed by atoms with Gasteiger partial charge in [0.1, 0.15) is 5.75 Å². The van der Waals surface area contributed by atoms with Crippen LogP contribution in [-0.2, 0) is 4.79 Å². The molecule has 2 aromatic rings.